The van der Waals surface area contributed by atoms with Gasteiger partial charge in [0.05, 0.1) is 34.7 Å². The Labute approximate surface area is 247 Å². The second-order valence-electron chi connectivity index (χ2n) is 10.2. The van der Waals surface area contributed by atoms with Gasteiger partial charge < -0.3 is 20.5 Å². The summed E-state index contributed by atoms with van der Waals surface area (Å²) < 4.78 is 83.0. The number of carbonyl (C=O) groups is 3. The number of fused-ring (bicyclic) bond motifs is 2. The van der Waals surface area contributed by atoms with Crippen LogP contribution in [0.5, 0.6) is 5.75 Å². The van der Waals surface area contributed by atoms with Crippen molar-refractivity contribution in [1.29, 1.82) is 0 Å². The molecule has 0 aliphatic heterocycles. The number of hydrogen-bond acceptors (Lipinski definition) is 7. The van der Waals surface area contributed by atoms with E-state index in [0.717, 1.165) is 24.4 Å². The lowest BCUT2D eigenvalue weighted by atomic mass is 9.87. The molecule has 2 bridgehead atoms. The van der Waals surface area contributed by atoms with Crippen LogP contribution >= 0.6 is 0 Å². The highest BCUT2D eigenvalue weighted by atomic mass is 32.2. The van der Waals surface area contributed by atoms with Gasteiger partial charge in [0.2, 0.25) is 5.91 Å². The van der Waals surface area contributed by atoms with Crippen LogP contribution in [-0.4, -0.2) is 55.0 Å². The molecule has 0 saturated heterocycles. The number of nitrogens with zero attached hydrogens (tertiary/aromatic N) is 1. The van der Waals surface area contributed by atoms with Crippen molar-refractivity contribution in [3.05, 3.63) is 83.8 Å². The van der Waals surface area contributed by atoms with Crippen LogP contribution in [0, 0.1) is 23.6 Å². The van der Waals surface area contributed by atoms with E-state index in [9.17, 15) is 40.4 Å². The first-order valence-electron chi connectivity index (χ1n) is 13.0. The quantitative estimate of drug-likeness (QED) is 0.243. The summed E-state index contributed by atoms with van der Waals surface area (Å²) in [5, 5.41) is 14.4. The number of halogens is 4. The molecule has 3 aromatic rings. The first kappa shape index (κ1) is 30.7. The third-order valence-electron chi connectivity index (χ3n) is 7.60. The molecule has 1 aromatic heterocycles. The predicted octanol–water partition coefficient (Wildman–Crippen LogP) is 4.45. The monoisotopic (exact) mass is 633 g/mol. The van der Waals surface area contributed by atoms with Gasteiger partial charge in [-0.05, 0) is 54.7 Å². The van der Waals surface area contributed by atoms with Crippen LogP contribution in [-0.2, 0) is 14.6 Å². The number of amides is 2. The summed E-state index contributed by atoms with van der Waals surface area (Å²) >= 11 is 0. The fourth-order valence-corrected chi connectivity index (χ4v) is 6.29. The van der Waals surface area contributed by atoms with Crippen LogP contribution in [0.3, 0.4) is 0 Å². The van der Waals surface area contributed by atoms with E-state index < -0.39 is 55.8 Å². The summed E-state index contributed by atoms with van der Waals surface area (Å²) in [6.45, 7) is 0. The first-order valence-corrected chi connectivity index (χ1v) is 14.5. The highest BCUT2D eigenvalue weighted by Gasteiger charge is 2.49. The van der Waals surface area contributed by atoms with Gasteiger partial charge in [0.25, 0.3) is 15.7 Å². The third kappa shape index (κ3) is 5.62. The van der Waals surface area contributed by atoms with E-state index in [1.54, 1.807) is 6.08 Å². The van der Waals surface area contributed by atoms with Crippen molar-refractivity contribution in [1.82, 2.24) is 10.3 Å². The molecule has 10 nitrogen and oxygen atoms in total. The topological polar surface area (TPSA) is 152 Å². The zero-order chi connectivity index (χ0) is 32.0. The molecule has 44 heavy (non-hydrogen) atoms. The molecule has 0 unspecified atom stereocenters. The molecule has 0 radical (unpaired) electrons. The molecule has 2 amide bonds. The van der Waals surface area contributed by atoms with Gasteiger partial charge in [-0.2, -0.15) is 13.2 Å². The lowest BCUT2D eigenvalue weighted by Crippen LogP contribution is -2.47. The van der Waals surface area contributed by atoms with Crippen LogP contribution < -0.4 is 15.4 Å². The SMILES string of the molecule is COc1cc(F)c(-c2ccc(C(=O)O)cn2)cc1C(=O)N[C@@H]1[C@H](C(=O)Nc2cccc(S(=O)(=O)C(F)(F)F)c2)[C@H]2C=C[C@@H]1C2. The maximum absolute atomic E-state index is 15.0. The van der Waals surface area contributed by atoms with Gasteiger partial charge in [0, 0.05) is 29.6 Å². The summed E-state index contributed by atoms with van der Waals surface area (Å²) in [6.07, 6.45) is 5.17. The molecular weight excluding hydrogens is 610 g/mol. The number of pyridine rings is 1. The average molecular weight is 634 g/mol. The number of allylic oxidation sites excluding steroid dienone is 1. The maximum atomic E-state index is 15.0. The number of alkyl halides is 3. The molecule has 1 heterocycles. The average Bonchev–Trinajstić information content (AvgIpc) is 3.58. The Morgan fingerprint density at radius 1 is 1.05 bits per heavy atom. The van der Waals surface area contributed by atoms with E-state index in [1.807, 2.05) is 6.08 Å². The Hall–Kier alpha value is -4.79. The lowest BCUT2D eigenvalue weighted by molar-refractivity contribution is -0.121. The third-order valence-corrected chi connectivity index (χ3v) is 9.08. The number of carboxylic acid groups (broad SMARTS) is 1. The van der Waals surface area contributed by atoms with Gasteiger partial charge in [0.1, 0.15) is 11.6 Å². The normalized spacial score (nSPS) is 20.8. The minimum absolute atomic E-state index is 0.0547. The fourth-order valence-electron chi connectivity index (χ4n) is 5.48. The van der Waals surface area contributed by atoms with Gasteiger partial charge in [-0.1, -0.05) is 18.2 Å². The van der Waals surface area contributed by atoms with E-state index in [2.05, 4.69) is 15.6 Å². The standard InChI is InChI=1S/C29H23F4N3O7S/c1-43-23-12-21(30)19(22-8-7-16(13-34-22)28(39)40)11-20(23)26(37)36-25-15-6-5-14(9-15)24(25)27(38)35-17-3-2-4-18(10-17)44(41,42)29(31,32)33/h2-8,10-15,24-25H,9H2,1H3,(H,35,38)(H,36,37)(H,39,40)/t14-,15+,24+,25-/m0/s1. The number of methoxy groups -OCH3 is 1. The minimum atomic E-state index is -5.65. The number of hydrogen-bond donors (Lipinski definition) is 3. The summed E-state index contributed by atoms with van der Waals surface area (Å²) in [7, 11) is -4.42. The maximum Gasteiger partial charge on any atom is 0.501 e. The summed E-state index contributed by atoms with van der Waals surface area (Å²) in [6, 6.07) is 7.69. The van der Waals surface area contributed by atoms with Crippen LogP contribution in [0.25, 0.3) is 11.3 Å². The van der Waals surface area contributed by atoms with Crippen molar-refractivity contribution >= 4 is 33.3 Å². The second kappa shape index (κ2) is 11.4. The molecule has 0 spiro atoms. The number of sulfone groups is 1. The first-order chi connectivity index (χ1) is 20.7. The molecule has 15 heteroatoms. The molecule has 2 aromatic carbocycles. The van der Waals surface area contributed by atoms with E-state index in [1.165, 1.54) is 31.4 Å². The summed E-state index contributed by atoms with van der Waals surface area (Å²) in [5.74, 6) is -4.96. The number of ether oxygens (including phenoxy) is 1. The second-order valence-corrected chi connectivity index (χ2v) is 12.2. The number of anilines is 1. The van der Waals surface area contributed by atoms with Gasteiger partial charge in [0.15, 0.2) is 0 Å². The van der Waals surface area contributed by atoms with Gasteiger partial charge in [-0.3, -0.25) is 14.6 Å². The highest BCUT2D eigenvalue weighted by molar-refractivity contribution is 7.92. The Bertz CT molecular complexity index is 1790. The van der Waals surface area contributed by atoms with Gasteiger partial charge in [-0.25, -0.2) is 17.6 Å². The number of aromatic nitrogens is 1. The number of aromatic carboxylic acids is 1. The van der Waals surface area contributed by atoms with Crippen LogP contribution in [0.4, 0.5) is 23.2 Å². The molecule has 4 atom stereocenters. The van der Waals surface area contributed by atoms with Crippen LogP contribution in [0.1, 0.15) is 27.1 Å². The zero-order valence-electron chi connectivity index (χ0n) is 22.6. The molecule has 2 aliphatic carbocycles. The summed E-state index contributed by atoms with van der Waals surface area (Å²) in [5.41, 5.74) is -5.97. The van der Waals surface area contributed by atoms with Crippen molar-refractivity contribution in [3.63, 3.8) is 0 Å². The Balaban J connectivity index is 1.40. The van der Waals surface area contributed by atoms with Crippen LogP contribution in [0.15, 0.2) is 71.8 Å². The summed E-state index contributed by atoms with van der Waals surface area (Å²) in [4.78, 5) is 41.0. The smallest absolute Gasteiger partial charge is 0.496 e. The van der Waals surface area contributed by atoms with Crippen molar-refractivity contribution in [2.45, 2.75) is 22.9 Å². The minimum Gasteiger partial charge on any atom is -0.496 e. The predicted molar refractivity (Wildman–Crippen MR) is 147 cm³/mol. The number of rotatable bonds is 8. The molecule has 2 aliphatic rings. The van der Waals surface area contributed by atoms with Crippen molar-refractivity contribution in [3.8, 4) is 17.0 Å². The lowest BCUT2D eigenvalue weighted by Gasteiger charge is -2.28. The molecule has 5 rings (SSSR count). The number of benzene rings is 2. The number of carbonyl (C=O) groups excluding carboxylic acids is 2. The molecule has 230 valence electrons. The van der Waals surface area contributed by atoms with Crippen molar-refractivity contribution in [2.75, 3.05) is 12.4 Å². The Morgan fingerprint density at radius 2 is 1.77 bits per heavy atom. The van der Waals surface area contributed by atoms with E-state index in [-0.39, 0.29) is 45.7 Å². The molecular formula is C29H23F4N3O7S. The fraction of sp³-hybridized carbons (Fsp3) is 0.241. The Kier molecular flexibility index (Phi) is 7.92. The zero-order valence-corrected chi connectivity index (χ0v) is 23.4. The van der Waals surface area contributed by atoms with E-state index in [0.29, 0.717) is 12.5 Å². The van der Waals surface area contributed by atoms with Crippen molar-refractivity contribution in [2.24, 2.45) is 17.8 Å². The molecule has 3 N–H and O–H groups in total. The molecule has 1 fully saturated rings. The highest BCUT2D eigenvalue weighted by Crippen LogP contribution is 2.45. The van der Waals surface area contributed by atoms with Gasteiger partial charge >= 0.3 is 11.5 Å². The number of nitrogens with one attached hydrogen (secondary N) is 2. The number of carboxylic acids is 1. The van der Waals surface area contributed by atoms with E-state index >= 15 is 0 Å². The largest absolute Gasteiger partial charge is 0.501 e. The van der Waals surface area contributed by atoms with E-state index in [4.69, 9.17) is 9.84 Å². The van der Waals surface area contributed by atoms with Crippen molar-refractivity contribution < 1.29 is 50.2 Å². The Morgan fingerprint density at radius 3 is 2.41 bits per heavy atom. The van der Waals surface area contributed by atoms with Crippen LogP contribution in [0.2, 0.25) is 0 Å². The van der Waals surface area contributed by atoms with Gasteiger partial charge in [-0.15, -0.1) is 0 Å². The molecule has 1 saturated carbocycles.